The van der Waals surface area contributed by atoms with Gasteiger partial charge in [0.15, 0.2) is 0 Å². The Labute approximate surface area is 184 Å². The molecule has 3 atom stereocenters. The van der Waals surface area contributed by atoms with Gasteiger partial charge in [0.05, 0.1) is 19.3 Å². The first-order valence-electron chi connectivity index (χ1n) is 10.8. The van der Waals surface area contributed by atoms with Gasteiger partial charge >= 0.3 is 0 Å². The van der Waals surface area contributed by atoms with Crippen LogP contribution in [-0.4, -0.2) is 46.0 Å². The van der Waals surface area contributed by atoms with E-state index in [9.17, 15) is 0 Å². The molecule has 0 amide bonds. The molecule has 2 aromatic rings. The molecule has 0 spiro atoms. The van der Waals surface area contributed by atoms with Gasteiger partial charge in [0.25, 0.3) is 0 Å². The fourth-order valence-corrected chi connectivity index (χ4v) is 4.41. The van der Waals surface area contributed by atoms with Crippen molar-refractivity contribution in [2.24, 2.45) is 5.92 Å². The fourth-order valence-electron chi connectivity index (χ4n) is 4.20. The summed E-state index contributed by atoms with van der Waals surface area (Å²) in [4.78, 5) is 0. The van der Waals surface area contributed by atoms with Crippen LogP contribution in [0, 0.1) is 12.8 Å². The standard InChI is InChI=1S/C24H32ClN3O2/c1-16-21(25)10-20(11-22(16)29-14-17-8-9-27-12-17)28-13-23-24(2,15-30-23)18-4-6-19(26-3)7-5-18/h4-7,10-11,17,23,26-28H,8-9,12-15H2,1-3H3. The van der Waals surface area contributed by atoms with Crippen LogP contribution in [0.15, 0.2) is 36.4 Å². The Morgan fingerprint density at radius 1 is 1.23 bits per heavy atom. The van der Waals surface area contributed by atoms with Crippen LogP contribution in [0.25, 0.3) is 0 Å². The van der Waals surface area contributed by atoms with Crippen molar-refractivity contribution in [2.75, 3.05) is 50.5 Å². The first kappa shape index (κ1) is 21.3. The number of hydrogen-bond acceptors (Lipinski definition) is 5. The van der Waals surface area contributed by atoms with Crippen LogP contribution in [0.2, 0.25) is 5.02 Å². The average molecular weight is 430 g/mol. The molecule has 2 heterocycles. The molecule has 6 heteroatoms. The summed E-state index contributed by atoms with van der Waals surface area (Å²) < 4.78 is 12.0. The van der Waals surface area contributed by atoms with Crippen molar-refractivity contribution in [3.63, 3.8) is 0 Å². The number of halogens is 1. The Morgan fingerprint density at radius 3 is 2.67 bits per heavy atom. The average Bonchev–Trinajstić information content (AvgIpc) is 3.27. The predicted molar refractivity (Wildman–Crippen MR) is 124 cm³/mol. The van der Waals surface area contributed by atoms with E-state index >= 15 is 0 Å². The van der Waals surface area contributed by atoms with Crippen LogP contribution < -0.4 is 20.7 Å². The molecule has 30 heavy (non-hydrogen) atoms. The summed E-state index contributed by atoms with van der Waals surface area (Å²) in [5, 5.41) is 10.8. The molecule has 4 rings (SSSR count). The second-order valence-electron chi connectivity index (χ2n) is 8.68. The van der Waals surface area contributed by atoms with Gasteiger partial charge in [-0.1, -0.05) is 30.7 Å². The Kier molecular flexibility index (Phi) is 6.42. The summed E-state index contributed by atoms with van der Waals surface area (Å²) in [5.74, 6) is 1.43. The summed E-state index contributed by atoms with van der Waals surface area (Å²) in [5.41, 5.74) is 4.38. The molecule has 0 bridgehead atoms. The summed E-state index contributed by atoms with van der Waals surface area (Å²) in [6, 6.07) is 12.6. The van der Waals surface area contributed by atoms with Crippen molar-refractivity contribution in [1.82, 2.24) is 5.32 Å². The van der Waals surface area contributed by atoms with Crippen molar-refractivity contribution in [2.45, 2.75) is 31.8 Å². The second-order valence-corrected chi connectivity index (χ2v) is 9.08. The number of nitrogens with one attached hydrogen (secondary N) is 3. The molecule has 0 aromatic heterocycles. The van der Waals surface area contributed by atoms with Crippen LogP contribution in [0.5, 0.6) is 5.75 Å². The normalized spacial score (nSPS) is 25.6. The third-order valence-corrected chi connectivity index (χ3v) is 6.95. The molecule has 3 N–H and O–H groups in total. The van der Waals surface area contributed by atoms with Gasteiger partial charge in [0, 0.05) is 59.5 Å². The third-order valence-electron chi connectivity index (χ3n) is 6.55. The van der Waals surface area contributed by atoms with Gasteiger partial charge in [-0.05, 0) is 43.7 Å². The third kappa shape index (κ3) is 4.39. The second kappa shape index (κ2) is 9.04. The minimum absolute atomic E-state index is 0.00255. The summed E-state index contributed by atoms with van der Waals surface area (Å²) in [7, 11) is 1.94. The van der Waals surface area contributed by atoms with E-state index in [1.54, 1.807) is 0 Å². The topological polar surface area (TPSA) is 54.5 Å². The number of rotatable bonds is 8. The molecule has 0 radical (unpaired) electrons. The molecule has 162 valence electrons. The lowest BCUT2D eigenvalue weighted by molar-refractivity contribution is -0.122. The van der Waals surface area contributed by atoms with E-state index in [0.717, 1.165) is 67.0 Å². The maximum atomic E-state index is 6.49. The maximum Gasteiger partial charge on any atom is 0.125 e. The summed E-state index contributed by atoms with van der Waals surface area (Å²) >= 11 is 6.49. The van der Waals surface area contributed by atoms with Crippen LogP contribution >= 0.6 is 11.6 Å². The number of benzene rings is 2. The Morgan fingerprint density at radius 2 is 2.03 bits per heavy atom. The molecule has 5 nitrogen and oxygen atoms in total. The first-order chi connectivity index (χ1) is 14.5. The van der Waals surface area contributed by atoms with Crippen LogP contribution in [0.3, 0.4) is 0 Å². The summed E-state index contributed by atoms with van der Waals surface area (Å²) in [6.07, 6.45) is 1.27. The van der Waals surface area contributed by atoms with Gasteiger partial charge in [0.1, 0.15) is 5.75 Å². The van der Waals surface area contributed by atoms with Crippen molar-refractivity contribution in [3.8, 4) is 5.75 Å². The largest absolute Gasteiger partial charge is 0.493 e. The Hall–Kier alpha value is -1.95. The van der Waals surface area contributed by atoms with Crippen molar-refractivity contribution < 1.29 is 9.47 Å². The molecule has 3 unspecified atom stereocenters. The molecule has 2 saturated heterocycles. The van der Waals surface area contributed by atoms with Gasteiger partial charge in [0.2, 0.25) is 0 Å². The maximum absolute atomic E-state index is 6.49. The monoisotopic (exact) mass is 429 g/mol. The minimum Gasteiger partial charge on any atom is -0.493 e. The first-order valence-corrected chi connectivity index (χ1v) is 11.1. The SMILES string of the molecule is CNc1ccc(C2(C)COC2CNc2cc(Cl)c(C)c(OCC3CCNC3)c2)cc1. The fraction of sp³-hybridized carbons (Fsp3) is 0.500. The summed E-state index contributed by atoms with van der Waals surface area (Å²) in [6.45, 7) is 8.55. The lowest BCUT2D eigenvalue weighted by Crippen LogP contribution is -2.56. The molecular weight excluding hydrogens is 398 g/mol. The predicted octanol–water partition coefficient (Wildman–Crippen LogP) is 4.45. The Bertz CT molecular complexity index is 867. The molecule has 0 aliphatic carbocycles. The van der Waals surface area contributed by atoms with Crippen LogP contribution in [-0.2, 0) is 10.2 Å². The molecule has 2 fully saturated rings. The highest BCUT2D eigenvalue weighted by molar-refractivity contribution is 6.31. The highest BCUT2D eigenvalue weighted by Gasteiger charge is 2.45. The number of ether oxygens (including phenoxy) is 2. The van der Waals surface area contributed by atoms with E-state index in [1.807, 2.05) is 20.0 Å². The molecule has 2 aliphatic heterocycles. The molecule has 0 saturated carbocycles. The van der Waals surface area contributed by atoms with Crippen LogP contribution in [0.4, 0.5) is 11.4 Å². The lowest BCUT2D eigenvalue weighted by atomic mass is 9.74. The number of hydrogen-bond donors (Lipinski definition) is 3. The highest BCUT2D eigenvalue weighted by Crippen LogP contribution is 2.39. The van der Waals surface area contributed by atoms with E-state index in [2.05, 4.69) is 53.2 Å². The van der Waals surface area contributed by atoms with Gasteiger partial charge in [-0.2, -0.15) is 0 Å². The van der Waals surface area contributed by atoms with Crippen LogP contribution in [0.1, 0.15) is 24.5 Å². The quantitative estimate of drug-likeness (QED) is 0.579. The van der Waals surface area contributed by atoms with Crippen molar-refractivity contribution >= 4 is 23.0 Å². The molecule has 2 aromatic carbocycles. The zero-order valence-corrected chi connectivity index (χ0v) is 18.8. The highest BCUT2D eigenvalue weighted by atomic mass is 35.5. The zero-order chi connectivity index (χ0) is 21.1. The minimum atomic E-state index is 0.00255. The lowest BCUT2D eigenvalue weighted by Gasteiger charge is -2.47. The van der Waals surface area contributed by atoms with E-state index in [0.29, 0.717) is 5.92 Å². The van der Waals surface area contributed by atoms with Gasteiger partial charge in [-0.25, -0.2) is 0 Å². The van der Waals surface area contributed by atoms with E-state index in [1.165, 1.54) is 5.56 Å². The van der Waals surface area contributed by atoms with E-state index in [-0.39, 0.29) is 11.5 Å². The van der Waals surface area contributed by atoms with Crippen molar-refractivity contribution in [1.29, 1.82) is 0 Å². The van der Waals surface area contributed by atoms with Gasteiger partial charge in [-0.15, -0.1) is 0 Å². The smallest absolute Gasteiger partial charge is 0.125 e. The van der Waals surface area contributed by atoms with Crippen molar-refractivity contribution in [3.05, 3.63) is 52.5 Å². The van der Waals surface area contributed by atoms with Gasteiger partial charge in [-0.3, -0.25) is 0 Å². The molecular formula is C24H32ClN3O2. The Balaban J connectivity index is 1.40. The number of anilines is 2. The van der Waals surface area contributed by atoms with Gasteiger partial charge < -0.3 is 25.4 Å². The van der Waals surface area contributed by atoms with E-state index in [4.69, 9.17) is 21.1 Å². The van der Waals surface area contributed by atoms with E-state index < -0.39 is 0 Å². The zero-order valence-electron chi connectivity index (χ0n) is 18.1. The molecule has 2 aliphatic rings.